The lowest BCUT2D eigenvalue weighted by atomic mass is 9.95. The van der Waals surface area contributed by atoms with Gasteiger partial charge >= 0.3 is 5.97 Å². The van der Waals surface area contributed by atoms with Crippen molar-refractivity contribution in [2.75, 3.05) is 20.3 Å². The Labute approximate surface area is 186 Å². The molecule has 0 spiro atoms. The van der Waals surface area contributed by atoms with E-state index in [-0.39, 0.29) is 41.0 Å². The molecule has 1 heterocycles. The number of ether oxygens (including phenoxy) is 4. The molecule has 0 bridgehead atoms. The molecule has 8 nitrogen and oxygen atoms in total. The largest absolute Gasteiger partial charge is 0.507 e. The van der Waals surface area contributed by atoms with Gasteiger partial charge in [-0.2, -0.15) is 0 Å². The van der Waals surface area contributed by atoms with Gasteiger partial charge in [0.2, 0.25) is 0 Å². The fourth-order valence-electron chi connectivity index (χ4n) is 3.56. The third kappa shape index (κ3) is 5.63. The molecule has 0 fully saturated rings. The van der Waals surface area contributed by atoms with Crippen LogP contribution in [-0.4, -0.2) is 42.3 Å². The highest BCUT2D eigenvalue weighted by Crippen LogP contribution is 2.43. The van der Waals surface area contributed by atoms with Crippen LogP contribution in [0, 0.1) is 0 Å². The summed E-state index contributed by atoms with van der Waals surface area (Å²) in [7, 11) is 1.45. The van der Waals surface area contributed by atoms with E-state index < -0.39 is 6.10 Å². The van der Waals surface area contributed by atoms with Gasteiger partial charge in [-0.3, -0.25) is 9.59 Å². The van der Waals surface area contributed by atoms with Gasteiger partial charge in [-0.1, -0.05) is 6.07 Å². The van der Waals surface area contributed by atoms with E-state index in [4.69, 9.17) is 18.9 Å². The molecule has 1 atom stereocenters. The number of carbonyl (C=O) groups excluding carboxylic acids is 2. The molecule has 8 heteroatoms. The summed E-state index contributed by atoms with van der Waals surface area (Å²) in [5.74, 6) is 0.253. The van der Waals surface area contributed by atoms with Crippen molar-refractivity contribution in [3.63, 3.8) is 0 Å². The van der Waals surface area contributed by atoms with Crippen LogP contribution in [0.3, 0.4) is 0 Å². The van der Waals surface area contributed by atoms with Crippen LogP contribution in [0.5, 0.6) is 28.7 Å². The zero-order valence-corrected chi connectivity index (χ0v) is 18.3. The number of esters is 1. The predicted molar refractivity (Wildman–Crippen MR) is 116 cm³/mol. The first-order valence-corrected chi connectivity index (χ1v) is 10.6. The molecule has 2 N–H and O–H groups in total. The number of carbonyl (C=O) groups is 2. The van der Waals surface area contributed by atoms with Gasteiger partial charge in [0.1, 0.15) is 28.9 Å². The first-order valence-electron chi connectivity index (χ1n) is 10.6. The van der Waals surface area contributed by atoms with E-state index in [0.29, 0.717) is 43.1 Å². The monoisotopic (exact) mass is 444 g/mol. The summed E-state index contributed by atoms with van der Waals surface area (Å²) >= 11 is 0. The molecule has 0 radical (unpaired) electrons. The molecule has 32 heavy (non-hydrogen) atoms. The molecule has 0 saturated carbocycles. The van der Waals surface area contributed by atoms with E-state index in [0.717, 1.165) is 12.8 Å². The maximum absolute atomic E-state index is 12.6. The Hall–Kier alpha value is -3.42. The predicted octanol–water partition coefficient (Wildman–Crippen LogP) is 4.32. The normalized spacial score (nSPS) is 14.9. The van der Waals surface area contributed by atoms with Crippen LogP contribution in [0.15, 0.2) is 30.3 Å². The van der Waals surface area contributed by atoms with Crippen molar-refractivity contribution in [2.24, 2.45) is 0 Å². The van der Waals surface area contributed by atoms with Crippen molar-refractivity contribution in [1.82, 2.24) is 0 Å². The number of hydrogen-bond donors (Lipinski definition) is 2. The van der Waals surface area contributed by atoms with Gasteiger partial charge in [-0.15, -0.1) is 0 Å². The van der Waals surface area contributed by atoms with Crippen LogP contribution < -0.4 is 14.2 Å². The zero-order chi connectivity index (χ0) is 23.1. The number of ketones is 1. The van der Waals surface area contributed by atoms with Crippen molar-refractivity contribution in [2.45, 2.75) is 45.1 Å². The van der Waals surface area contributed by atoms with Crippen LogP contribution in [-0.2, 0) is 9.53 Å². The van der Waals surface area contributed by atoms with E-state index >= 15 is 0 Å². The molecule has 1 aliphatic rings. The lowest BCUT2D eigenvalue weighted by Crippen LogP contribution is -2.20. The SMILES string of the molecule is CCOC(=O)CCCCCOc1cc(O)c2c(c1)OC(c1ccc(OC)c(O)c1)CC2=O. The Morgan fingerprint density at radius 1 is 1.12 bits per heavy atom. The number of fused-ring (bicyclic) bond motifs is 1. The molecule has 0 amide bonds. The number of phenolic OH excluding ortho intramolecular Hbond substituents is 2. The minimum absolute atomic E-state index is 0.0347. The summed E-state index contributed by atoms with van der Waals surface area (Å²) in [6.07, 6.45) is 2.05. The lowest BCUT2D eigenvalue weighted by molar-refractivity contribution is -0.143. The first kappa shape index (κ1) is 23.2. The second-order valence-electron chi connectivity index (χ2n) is 7.44. The molecule has 172 valence electrons. The summed E-state index contributed by atoms with van der Waals surface area (Å²) < 4.78 is 21.6. The van der Waals surface area contributed by atoms with Crippen LogP contribution in [0.2, 0.25) is 0 Å². The molecule has 2 aromatic carbocycles. The topological polar surface area (TPSA) is 112 Å². The Morgan fingerprint density at radius 3 is 2.66 bits per heavy atom. The second-order valence-corrected chi connectivity index (χ2v) is 7.44. The van der Waals surface area contributed by atoms with Gasteiger partial charge in [-0.25, -0.2) is 0 Å². The maximum Gasteiger partial charge on any atom is 0.305 e. The molecular formula is C24H28O8. The summed E-state index contributed by atoms with van der Waals surface area (Å²) in [5, 5.41) is 20.4. The number of phenols is 2. The van der Waals surface area contributed by atoms with Gasteiger partial charge in [-0.05, 0) is 43.9 Å². The standard InChI is InChI=1S/C24H28O8/c1-3-30-23(28)7-5-4-6-10-31-16-12-18(26)24-19(27)14-21(32-22(24)13-16)15-8-9-20(29-2)17(25)11-15/h8-9,11-13,21,25-26H,3-7,10,14H2,1-2H3. The van der Waals surface area contributed by atoms with Crippen molar-refractivity contribution < 1.29 is 38.7 Å². The first-order chi connectivity index (χ1) is 15.4. The van der Waals surface area contributed by atoms with Crippen LogP contribution in [0.25, 0.3) is 0 Å². The Morgan fingerprint density at radius 2 is 1.94 bits per heavy atom. The number of hydrogen-bond acceptors (Lipinski definition) is 8. The summed E-state index contributed by atoms with van der Waals surface area (Å²) in [6, 6.07) is 7.81. The second kappa shape index (κ2) is 10.7. The van der Waals surface area contributed by atoms with Gasteiger partial charge in [0.15, 0.2) is 17.3 Å². The molecule has 2 aromatic rings. The average Bonchev–Trinajstić information content (AvgIpc) is 2.75. The van der Waals surface area contributed by atoms with Crippen LogP contribution in [0.4, 0.5) is 0 Å². The highest BCUT2D eigenvalue weighted by Gasteiger charge is 2.31. The summed E-state index contributed by atoms with van der Waals surface area (Å²) in [5.41, 5.74) is 0.746. The molecule has 0 aromatic heterocycles. The fraction of sp³-hybridized carbons (Fsp3) is 0.417. The highest BCUT2D eigenvalue weighted by atomic mass is 16.5. The van der Waals surface area contributed by atoms with Gasteiger partial charge < -0.3 is 29.2 Å². The number of unbranched alkanes of at least 4 members (excludes halogenated alkanes) is 2. The van der Waals surface area contributed by atoms with E-state index in [9.17, 15) is 19.8 Å². The van der Waals surface area contributed by atoms with Crippen molar-refractivity contribution >= 4 is 11.8 Å². The third-order valence-corrected chi connectivity index (χ3v) is 5.15. The Kier molecular flexibility index (Phi) is 7.81. The quantitative estimate of drug-likeness (QED) is 0.412. The van der Waals surface area contributed by atoms with Gasteiger partial charge in [0, 0.05) is 18.6 Å². The number of rotatable bonds is 10. The number of methoxy groups -OCH3 is 1. The van der Waals surface area contributed by atoms with Crippen molar-refractivity contribution in [1.29, 1.82) is 0 Å². The minimum atomic E-state index is -0.607. The maximum atomic E-state index is 12.6. The van der Waals surface area contributed by atoms with Crippen molar-refractivity contribution in [3.8, 4) is 28.7 Å². The summed E-state index contributed by atoms with van der Waals surface area (Å²) in [4.78, 5) is 24.0. The molecule has 1 aliphatic heterocycles. The van der Waals surface area contributed by atoms with Crippen LogP contribution >= 0.6 is 0 Å². The third-order valence-electron chi connectivity index (χ3n) is 5.15. The Bertz CT molecular complexity index is 969. The fourth-order valence-corrected chi connectivity index (χ4v) is 3.56. The van der Waals surface area contributed by atoms with Gasteiger partial charge in [0.05, 0.1) is 26.7 Å². The summed E-state index contributed by atoms with van der Waals surface area (Å²) in [6.45, 7) is 2.56. The number of aromatic hydroxyl groups is 2. The van der Waals surface area contributed by atoms with E-state index in [1.54, 1.807) is 25.1 Å². The van der Waals surface area contributed by atoms with Crippen LogP contribution in [0.1, 0.15) is 61.1 Å². The van der Waals surface area contributed by atoms with E-state index in [1.807, 2.05) is 0 Å². The molecular weight excluding hydrogens is 416 g/mol. The minimum Gasteiger partial charge on any atom is -0.507 e. The zero-order valence-electron chi connectivity index (χ0n) is 18.3. The Balaban J connectivity index is 1.62. The number of Topliss-reactive ketones (excluding diaryl/α,β-unsaturated/α-hetero) is 1. The van der Waals surface area contributed by atoms with E-state index in [2.05, 4.69) is 0 Å². The smallest absolute Gasteiger partial charge is 0.305 e. The van der Waals surface area contributed by atoms with E-state index in [1.165, 1.54) is 19.2 Å². The molecule has 3 rings (SSSR count). The molecule has 1 unspecified atom stereocenters. The lowest BCUT2D eigenvalue weighted by Gasteiger charge is -2.26. The molecule has 0 aliphatic carbocycles. The molecule has 0 saturated heterocycles. The number of benzene rings is 2. The van der Waals surface area contributed by atoms with Crippen molar-refractivity contribution in [3.05, 3.63) is 41.5 Å². The highest BCUT2D eigenvalue weighted by molar-refractivity contribution is 6.02. The van der Waals surface area contributed by atoms with Gasteiger partial charge in [0.25, 0.3) is 0 Å². The average molecular weight is 444 g/mol.